The van der Waals surface area contributed by atoms with Crippen molar-refractivity contribution < 1.29 is 33.7 Å². The molecule has 4 aromatic carbocycles. The second-order valence-electron chi connectivity index (χ2n) is 26.1. The molecule has 28 heteroatoms. The van der Waals surface area contributed by atoms with Gasteiger partial charge >= 0.3 is 0 Å². The normalized spacial score (nSPS) is 12.7. The molecule has 6 N–H and O–H groups in total. The Kier molecular flexibility index (Phi) is 31.0. The van der Waals surface area contributed by atoms with Crippen LogP contribution in [0, 0.1) is 0 Å². The number of aromatic amines is 2. The van der Waals surface area contributed by atoms with Gasteiger partial charge in [-0.3, -0.25) is 0 Å². The first-order chi connectivity index (χ1) is 49.8. The van der Waals surface area contributed by atoms with Gasteiger partial charge in [0.2, 0.25) is 40.1 Å². The fourth-order valence-electron chi connectivity index (χ4n) is 12.9. The van der Waals surface area contributed by atoms with Crippen molar-refractivity contribution in [2.24, 2.45) is 0 Å². The standard InChI is InChI=1S/C76H90Cl8N8O8S4/c1-5-9-13-17-21-25-45-85-101(93,94)61-41-29-49(77)65(73(61)81)69-53-33-35-55(89-53)70(66-50(78)30-42-62(74(66)82)102(95,96)86-46-26-22-18-14-10-6-2)57-37-39-59(91-57)72(68-52(80)32-44-64(76(68)84)104(99,100)88-48-28-24-20-16-12-8-4)60-40-38-58(92-60)71(56-36-34-54(69)90-56)67-51(79)31-43-63(75(67)83)103(97,98)87-47-27-23-19-15-11-7-3/h29-44,85-89,92H,5-28,45-48H2,1-4H3. The first-order valence-corrected chi connectivity index (χ1v) is 44.9. The molecule has 8 bridgehead atoms. The van der Waals surface area contributed by atoms with E-state index in [2.05, 4.69) is 56.6 Å². The largest absolute Gasteiger partial charge is 0.354 e. The van der Waals surface area contributed by atoms with Gasteiger partial charge in [0.05, 0.1) is 63.0 Å². The van der Waals surface area contributed by atoms with E-state index in [1.54, 1.807) is 48.6 Å². The number of hydrogen-bond acceptors (Lipinski definition) is 10. The van der Waals surface area contributed by atoms with E-state index >= 15 is 0 Å². The van der Waals surface area contributed by atoms with Crippen molar-refractivity contribution in [3.63, 3.8) is 0 Å². The number of unbranched alkanes of at least 4 members (excludes halogenated alkanes) is 20. The molecule has 2 aliphatic rings. The number of benzene rings is 4. The van der Waals surface area contributed by atoms with Crippen molar-refractivity contribution in [3.8, 4) is 44.5 Å². The van der Waals surface area contributed by atoms with Crippen LogP contribution in [-0.2, 0) is 40.1 Å². The van der Waals surface area contributed by atoms with Gasteiger partial charge in [-0.05, 0) is 123 Å². The molecule has 0 radical (unpaired) electrons. The Balaban J connectivity index is 1.38. The number of nitrogens with zero attached hydrogens (tertiary/aromatic N) is 2. The minimum atomic E-state index is -4.32. The highest BCUT2D eigenvalue weighted by atomic mass is 35.5. The van der Waals surface area contributed by atoms with Gasteiger partial charge in [-0.2, -0.15) is 0 Å². The Morgan fingerprint density at radius 3 is 0.663 bits per heavy atom. The smallest absolute Gasteiger partial charge is 0.242 e. The predicted molar refractivity (Wildman–Crippen MR) is 435 cm³/mol. The molecule has 3 aromatic heterocycles. The summed E-state index contributed by atoms with van der Waals surface area (Å²) < 4.78 is 127. The van der Waals surface area contributed by atoms with E-state index in [4.69, 9.17) is 103 Å². The van der Waals surface area contributed by atoms with Gasteiger partial charge in [0.1, 0.15) is 19.6 Å². The Labute approximate surface area is 653 Å². The van der Waals surface area contributed by atoms with Crippen LogP contribution in [-0.4, -0.2) is 79.8 Å². The molecule has 0 aliphatic carbocycles. The third-order valence-corrected chi connectivity index (χ3v) is 27.7. The van der Waals surface area contributed by atoms with Gasteiger partial charge < -0.3 is 9.97 Å². The lowest BCUT2D eigenvalue weighted by Crippen LogP contribution is -2.25. The molecule has 0 fully saturated rings. The summed E-state index contributed by atoms with van der Waals surface area (Å²) in [6.45, 7) is 9.05. The van der Waals surface area contributed by atoms with Crippen LogP contribution in [0.5, 0.6) is 0 Å². The average Bonchev–Trinajstić information content (AvgIpc) is 1.54. The van der Waals surface area contributed by atoms with Crippen molar-refractivity contribution in [1.29, 1.82) is 0 Å². The summed E-state index contributed by atoms with van der Waals surface area (Å²) in [6.07, 6.45) is 28.6. The molecule has 104 heavy (non-hydrogen) atoms. The van der Waals surface area contributed by atoms with Crippen LogP contribution in [0.25, 0.3) is 90.9 Å². The maximum Gasteiger partial charge on any atom is 0.242 e. The van der Waals surface area contributed by atoms with Crippen LogP contribution < -0.4 is 18.9 Å². The molecular formula is C76H90Cl8N8O8S4. The number of hydrogen-bond donors (Lipinski definition) is 6. The molecule has 16 nitrogen and oxygen atoms in total. The van der Waals surface area contributed by atoms with Crippen molar-refractivity contribution in [2.75, 3.05) is 26.2 Å². The number of H-pyrrole nitrogens is 2. The lowest BCUT2D eigenvalue weighted by molar-refractivity contribution is 0.566. The third-order valence-electron chi connectivity index (χ3n) is 18.4. The molecule has 0 amide bonds. The lowest BCUT2D eigenvalue weighted by Gasteiger charge is -2.15. The van der Waals surface area contributed by atoms with Gasteiger partial charge in [-0.25, -0.2) is 62.5 Å². The van der Waals surface area contributed by atoms with Crippen molar-refractivity contribution in [2.45, 2.75) is 201 Å². The van der Waals surface area contributed by atoms with E-state index in [-0.39, 0.29) is 175 Å². The van der Waals surface area contributed by atoms with Gasteiger partial charge in [-0.1, -0.05) is 249 Å². The molecule has 5 heterocycles. The molecule has 2 aliphatic heterocycles. The Morgan fingerprint density at radius 2 is 0.462 bits per heavy atom. The van der Waals surface area contributed by atoms with Crippen LogP contribution in [0.4, 0.5) is 0 Å². The fourth-order valence-corrected chi connectivity index (χ4v) is 21.0. The van der Waals surface area contributed by atoms with Gasteiger partial charge in [0.25, 0.3) is 0 Å². The summed E-state index contributed by atoms with van der Waals surface area (Å²) in [4.78, 5) is 16.5. The Hall–Kier alpha value is -4.56. The van der Waals surface area contributed by atoms with E-state index in [0.29, 0.717) is 25.7 Å². The predicted octanol–water partition coefficient (Wildman–Crippen LogP) is 23.1. The third kappa shape index (κ3) is 20.3. The van der Waals surface area contributed by atoms with Gasteiger partial charge in [-0.15, -0.1) is 0 Å². The highest BCUT2D eigenvalue weighted by molar-refractivity contribution is 7.90. The summed E-state index contributed by atoms with van der Waals surface area (Å²) in [5.41, 5.74) is 2.28. The first-order valence-electron chi connectivity index (χ1n) is 35.9. The zero-order valence-electron chi connectivity index (χ0n) is 58.9. The number of fused-ring (bicyclic) bond motifs is 8. The number of aromatic nitrogens is 4. The van der Waals surface area contributed by atoms with Crippen molar-refractivity contribution in [3.05, 3.63) is 136 Å². The first kappa shape index (κ1) is 83.5. The van der Waals surface area contributed by atoms with Gasteiger partial charge in [0, 0.05) is 92.8 Å². The highest BCUT2D eigenvalue weighted by Crippen LogP contribution is 2.50. The molecule has 0 saturated heterocycles. The minimum Gasteiger partial charge on any atom is -0.354 e. The summed E-state index contributed by atoms with van der Waals surface area (Å²) in [7, 11) is -17.3. The van der Waals surface area contributed by atoms with Crippen LogP contribution in [0.2, 0.25) is 40.2 Å². The molecular weight excluding hydrogens is 1560 g/mol. The summed E-state index contributed by atoms with van der Waals surface area (Å²) in [5.74, 6) is 0. The Morgan fingerprint density at radius 1 is 0.269 bits per heavy atom. The maximum atomic E-state index is 14.5. The molecule has 0 unspecified atom stereocenters. The number of halogens is 8. The summed E-state index contributed by atoms with van der Waals surface area (Å²) in [6, 6.07) is 17.7. The van der Waals surface area contributed by atoms with E-state index < -0.39 is 40.1 Å². The van der Waals surface area contributed by atoms with Crippen LogP contribution in [0.3, 0.4) is 0 Å². The monoisotopic (exact) mass is 1650 g/mol. The maximum absolute atomic E-state index is 14.5. The van der Waals surface area contributed by atoms with Crippen LogP contribution in [0.15, 0.2) is 92.4 Å². The van der Waals surface area contributed by atoms with E-state index in [1.165, 1.54) is 48.5 Å². The SMILES string of the molecule is CCCCCCCCNS(=O)(=O)c1ccc(Cl)c(-c2c3nc(c(-c4c(Cl)ccc(S(=O)(=O)NCCCCCCCC)c4Cl)c4ccc([nH]4)c(-c4c(Cl)ccc(S(=O)(=O)NCCCCCCCC)c4Cl)c4nc(c(-c5c(Cl)ccc(S(=O)(=O)NCCCCCCCC)c5Cl)c5ccc2[nH]5)C=C4)C=C3)c1Cl. The van der Waals surface area contributed by atoms with E-state index in [0.717, 1.165) is 128 Å². The molecule has 0 saturated carbocycles. The summed E-state index contributed by atoms with van der Waals surface area (Å²) in [5, 5.41) is -0.985. The van der Waals surface area contributed by atoms with Crippen LogP contribution >= 0.6 is 92.8 Å². The zero-order chi connectivity index (χ0) is 74.9. The van der Waals surface area contributed by atoms with E-state index in [1.807, 2.05) is 0 Å². The topological polar surface area (TPSA) is 242 Å². The highest BCUT2D eigenvalue weighted by Gasteiger charge is 2.32. The number of sulfonamides is 4. The molecule has 7 aromatic rings. The second-order valence-corrected chi connectivity index (χ2v) is 36.2. The molecule has 0 spiro atoms. The molecule has 562 valence electrons. The molecule has 0 atom stereocenters. The lowest BCUT2D eigenvalue weighted by atomic mass is 10.0. The van der Waals surface area contributed by atoms with Crippen LogP contribution in [0.1, 0.15) is 205 Å². The second kappa shape index (κ2) is 38.7. The fraction of sp³-hybridized carbons (Fsp3) is 0.421. The summed E-state index contributed by atoms with van der Waals surface area (Å²) >= 11 is 59.2. The average molecular weight is 1660 g/mol. The minimum absolute atomic E-state index is 0.0143. The van der Waals surface area contributed by atoms with Gasteiger partial charge in [0.15, 0.2) is 0 Å². The van der Waals surface area contributed by atoms with E-state index in [9.17, 15) is 33.7 Å². The Bertz CT molecular complexity index is 4370. The quantitative estimate of drug-likeness (QED) is 0.0198. The van der Waals surface area contributed by atoms with Crippen molar-refractivity contribution >= 4 is 179 Å². The van der Waals surface area contributed by atoms with Crippen molar-refractivity contribution in [1.82, 2.24) is 38.8 Å². The number of rotatable bonds is 40. The zero-order valence-corrected chi connectivity index (χ0v) is 68.2. The number of nitrogens with one attached hydrogen (secondary N) is 6. The molecule has 9 rings (SSSR count).